The first-order valence-corrected chi connectivity index (χ1v) is 7.24. The summed E-state index contributed by atoms with van der Waals surface area (Å²) < 4.78 is 5.61. The largest absolute Gasteiger partial charge is 0.491 e. The molecule has 2 rings (SSSR count). The highest BCUT2D eigenvalue weighted by Crippen LogP contribution is 2.28. The fourth-order valence-corrected chi connectivity index (χ4v) is 2.76. The minimum Gasteiger partial charge on any atom is -0.491 e. The van der Waals surface area contributed by atoms with Crippen LogP contribution in [0.4, 0.5) is 0 Å². The second-order valence-corrected chi connectivity index (χ2v) is 5.60. The van der Waals surface area contributed by atoms with Gasteiger partial charge in [0.15, 0.2) is 0 Å². The Morgan fingerprint density at radius 1 is 1.26 bits per heavy atom. The van der Waals surface area contributed by atoms with Gasteiger partial charge >= 0.3 is 0 Å². The molecule has 1 aromatic carbocycles. The zero-order valence-electron chi connectivity index (χ0n) is 11.6. The minimum atomic E-state index is -0.494. The van der Waals surface area contributed by atoms with E-state index in [-0.39, 0.29) is 0 Å². The average molecular weight is 264 g/mol. The van der Waals surface area contributed by atoms with Crippen molar-refractivity contribution in [2.75, 3.05) is 6.61 Å². The Kier molecular flexibility index (Phi) is 5.23. The van der Waals surface area contributed by atoms with Gasteiger partial charge in [-0.2, -0.15) is 0 Å². The molecule has 0 amide bonds. The molecule has 1 aromatic rings. The van der Waals surface area contributed by atoms with Crippen molar-refractivity contribution in [1.82, 2.24) is 0 Å². The molecule has 2 N–H and O–H groups in total. The summed E-state index contributed by atoms with van der Waals surface area (Å²) in [5.74, 6) is 1.38. The van der Waals surface area contributed by atoms with Crippen LogP contribution in [0.2, 0.25) is 0 Å². The Morgan fingerprint density at radius 3 is 2.68 bits per heavy atom. The van der Waals surface area contributed by atoms with Crippen molar-refractivity contribution >= 4 is 0 Å². The molecule has 2 atom stereocenters. The average Bonchev–Trinajstić information content (AvgIpc) is 2.89. The van der Waals surface area contributed by atoms with Gasteiger partial charge in [0.25, 0.3) is 0 Å². The molecule has 3 nitrogen and oxygen atoms in total. The third kappa shape index (κ3) is 4.51. The maximum absolute atomic E-state index is 9.98. The molecule has 0 aliphatic heterocycles. The van der Waals surface area contributed by atoms with Gasteiger partial charge in [-0.05, 0) is 37.0 Å². The van der Waals surface area contributed by atoms with Gasteiger partial charge in [-0.15, -0.1) is 0 Å². The van der Waals surface area contributed by atoms with Crippen molar-refractivity contribution in [2.24, 2.45) is 5.92 Å². The molecule has 1 aliphatic rings. The monoisotopic (exact) mass is 264 g/mol. The molecule has 1 aliphatic carbocycles. The maximum Gasteiger partial charge on any atom is 0.119 e. The Hall–Kier alpha value is -1.06. The molecule has 3 heteroatoms. The van der Waals surface area contributed by atoms with Gasteiger partial charge < -0.3 is 14.9 Å². The normalized spacial score (nSPS) is 19.3. The van der Waals surface area contributed by atoms with E-state index in [0.29, 0.717) is 18.3 Å². The first-order valence-electron chi connectivity index (χ1n) is 7.24. The van der Waals surface area contributed by atoms with Gasteiger partial charge in [0, 0.05) is 0 Å². The van der Waals surface area contributed by atoms with E-state index in [0.717, 1.165) is 12.0 Å². The van der Waals surface area contributed by atoms with Crippen LogP contribution < -0.4 is 4.74 Å². The number of benzene rings is 1. The third-order valence-corrected chi connectivity index (χ3v) is 3.86. The van der Waals surface area contributed by atoms with Crippen LogP contribution in [0.1, 0.15) is 50.7 Å². The fourth-order valence-electron chi connectivity index (χ4n) is 2.76. The Labute approximate surface area is 115 Å². The molecule has 0 spiro atoms. The Morgan fingerprint density at radius 2 is 2.00 bits per heavy atom. The SMILES string of the molecule is CC(O)c1cccc(OCC(O)CC2CCCC2)c1. The number of aliphatic hydroxyl groups excluding tert-OH is 2. The molecule has 106 valence electrons. The van der Waals surface area contributed by atoms with E-state index in [1.807, 2.05) is 24.3 Å². The van der Waals surface area contributed by atoms with Crippen LogP contribution in [-0.4, -0.2) is 22.9 Å². The van der Waals surface area contributed by atoms with E-state index in [4.69, 9.17) is 4.74 Å². The molecule has 0 bridgehead atoms. The lowest BCUT2D eigenvalue weighted by atomic mass is 10.0. The first-order chi connectivity index (χ1) is 9.15. The summed E-state index contributed by atoms with van der Waals surface area (Å²) in [5.41, 5.74) is 0.836. The topological polar surface area (TPSA) is 49.7 Å². The summed E-state index contributed by atoms with van der Waals surface area (Å²) in [6.07, 6.45) is 5.05. The highest BCUT2D eigenvalue weighted by Gasteiger charge is 2.19. The van der Waals surface area contributed by atoms with Gasteiger partial charge in [-0.3, -0.25) is 0 Å². The summed E-state index contributed by atoms with van der Waals surface area (Å²) in [5, 5.41) is 19.5. The van der Waals surface area contributed by atoms with Gasteiger partial charge in [-0.1, -0.05) is 37.8 Å². The molecule has 1 saturated carbocycles. The van der Waals surface area contributed by atoms with E-state index in [1.54, 1.807) is 6.92 Å². The van der Waals surface area contributed by atoms with E-state index in [9.17, 15) is 10.2 Å². The van der Waals surface area contributed by atoms with Crippen molar-refractivity contribution in [3.8, 4) is 5.75 Å². The number of hydrogen-bond donors (Lipinski definition) is 2. The summed E-state index contributed by atoms with van der Waals surface area (Å²) in [6, 6.07) is 7.41. The van der Waals surface area contributed by atoms with Gasteiger partial charge in [0.1, 0.15) is 12.4 Å². The van der Waals surface area contributed by atoms with E-state index in [2.05, 4.69) is 0 Å². The predicted octanol–water partition coefficient (Wildman–Crippen LogP) is 3.06. The smallest absolute Gasteiger partial charge is 0.119 e. The number of hydrogen-bond acceptors (Lipinski definition) is 3. The zero-order valence-corrected chi connectivity index (χ0v) is 11.6. The number of rotatable bonds is 6. The van der Waals surface area contributed by atoms with E-state index >= 15 is 0 Å². The van der Waals surface area contributed by atoms with Crippen LogP contribution in [0, 0.1) is 5.92 Å². The highest BCUT2D eigenvalue weighted by molar-refractivity contribution is 5.29. The lowest BCUT2D eigenvalue weighted by molar-refractivity contribution is 0.0854. The minimum absolute atomic E-state index is 0.333. The summed E-state index contributed by atoms with van der Waals surface area (Å²) >= 11 is 0. The molecule has 19 heavy (non-hydrogen) atoms. The Bertz CT molecular complexity index is 383. The van der Waals surface area contributed by atoms with Crippen molar-refractivity contribution in [3.05, 3.63) is 29.8 Å². The second kappa shape index (κ2) is 6.92. The summed E-state index contributed by atoms with van der Waals surface area (Å²) in [6.45, 7) is 2.06. The fraction of sp³-hybridized carbons (Fsp3) is 0.625. The first kappa shape index (κ1) is 14.4. The van der Waals surface area contributed by atoms with Crippen LogP contribution in [-0.2, 0) is 0 Å². The van der Waals surface area contributed by atoms with Gasteiger partial charge in [-0.25, -0.2) is 0 Å². The lowest BCUT2D eigenvalue weighted by Gasteiger charge is -2.16. The standard InChI is InChI=1S/C16H24O3/c1-12(17)14-7-4-8-16(10-14)19-11-15(18)9-13-5-2-3-6-13/h4,7-8,10,12-13,15,17-18H,2-3,5-6,9,11H2,1H3. The van der Waals surface area contributed by atoms with Crippen LogP contribution in [0.15, 0.2) is 24.3 Å². The number of ether oxygens (including phenoxy) is 1. The summed E-state index contributed by atoms with van der Waals surface area (Å²) in [4.78, 5) is 0. The quantitative estimate of drug-likeness (QED) is 0.830. The molecule has 0 saturated heterocycles. The van der Waals surface area contributed by atoms with Crippen LogP contribution in [0.25, 0.3) is 0 Å². The Balaban J connectivity index is 1.79. The second-order valence-electron chi connectivity index (χ2n) is 5.60. The maximum atomic E-state index is 9.98. The molecule has 2 unspecified atom stereocenters. The molecule has 0 heterocycles. The van der Waals surface area contributed by atoms with Crippen molar-refractivity contribution in [3.63, 3.8) is 0 Å². The third-order valence-electron chi connectivity index (χ3n) is 3.86. The molecular formula is C16H24O3. The highest BCUT2D eigenvalue weighted by atomic mass is 16.5. The molecule has 0 aromatic heterocycles. The van der Waals surface area contributed by atoms with E-state index < -0.39 is 12.2 Å². The summed E-state index contributed by atoms with van der Waals surface area (Å²) in [7, 11) is 0. The van der Waals surface area contributed by atoms with Crippen molar-refractivity contribution < 1.29 is 14.9 Å². The predicted molar refractivity (Wildman–Crippen MR) is 75.2 cm³/mol. The van der Waals surface area contributed by atoms with Crippen molar-refractivity contribution in [1.29, 1.82) is 0 Å². The molecule has 0 radical (unpaired) electrons. The zero-order chi connectivity index (χ0) is 13.7. The van der Waals surface area contributed by atoms with Crippen LogP contribution >= 0.6 is 0 Å². The van der Waals surface area contributed by atoms with Crippen LogP contribution in [0.5, 0.6) is 5.75 Å². The van der Waals surface area contributed by atoms with Gasteiger partial charge in [0.2, 0.25) is 0 Å². The van der Waals surface area contributed by atoms with Gasteiger partial charge in [0.05, 0.1) is 12.2 Å². The van der Waals surface area contributed by atoms with Crippen LogP contribution in [0.3, 0.4) is 0 Å². The molecule has 1 fully saturated rings. The lowest BCUT2D eigenvalue weighted by Crippen LogP contribution is -2.20. The number of aliphatic hydroxyl groups is 2. The van der Waals surface area contributed by atoms with Crippen molar-refractivity contribution in [2.45, 2.75) is 51.2 Å². The van der Waals surface area contributed by atoms with E-state index in [1.165, 1.54) is 25.7 Å². The molecular weight excluding hydrogens is 240 g/mol.